The Labute approximate surface area is 171 Å². The maximum Gasteiger partial charge on any atom is 0.259 e. The van der Waals surface area contributed by atoms with Crippen molar-refractivity contribution in [3.05, 3.63) is 53.6 Å². The van der Waals surface area contributed by atoms with Gasteiger partial charge in [-0.2, -0.15) is 0 Å². The van der Waals surface area contributed by atoms with E-state index in [2.05, 4.69) is 0 Å². The quantitative estimate of drug-likeness (QED) is 0.756. The van der Waals surface area contributed by atoms with Crippen LogP contribution >= 0.6 is 0 Å². The fourth-order valence-corrected chi connectivity index (χ4v) is 5.74. The van der Waals surface area contributed by atoms with Crippen molar-refractivity contribution in [2.24, 2.45) is 0 Å². The number of hydrogen-bond donors (Lipinski definition) is 0. The lowest BCUT2D eigenvalue weighted by atomic mass is 10.1. The van der Waals surface area contributed by atoms with E-state index in [1.165, 1.54) is 23.1 Å². The summed E-state index contributed by atoms with van der Waals surface area (Å²) < 4.78 is 26.6. The number of benzene rings is 2. The summed E-state index contributed by atoms with van der Waals surface area (Å²) in [6.07, 6.45) is 4.17. The molecule has 0 bridgehead atoms. The summed E-state index contributed by atoms with van der Waals surface area (Å²) in [5, 5.41) is 0. The molecule has 2 aromatic rings. The lowest BCUT2D eigenvalue weighted by molar-refractivity contribution is 0.0761. The van der Waals surface area contributed by atoms with Gasteiger partial charge in [0.05, 0.1) is 21.0 Å². The molecule has 2 aromatic carbocycles. The molecule has 0 unspecified atom stereocenters. The van der Waals surface area contributed by atoms with Crippen molar-refractivity contribution in [1.82, 2.24) is 4.90 Å². The van der Waals surface area contributed by atoms with Crippen molar-refractivity contribution in [1.29, 1.82) is 0 Å². The van der Waals surface area contributed by atoms with Gasteiger partial charge >= 0.3 is 0 Å². The summed E-state index contributed by atoms with van der Waals surface area (Å²) >= 11 is 0. The normalized spacial score (nSPS) is 18.4. The van der Waals surface area contributed by atoms with Crippen molar-refractivity contribution >= 4 is 27.3 Å². The second-order valence-corrected chi connectivity index (χ2v) is 9.32. The third kappa shape index (κ3) is 3.33. The Balaban J connectivity index is 1.84. The average molecular weight is 413 g/mol. The number of carbonyl (C=O) groups is 2. The Morgan fingerprint density at radius 3 is 2.34 bits per heavy atom. The summed E-state index contributed by atoms with van der Waals surface area (Å²) in [5.74, 6) is -0.484. The van der Waals surface area contributed by atoms with Gasteiger partial charge in [-0.25, -0.2) is 8.42 Å². The lowest BCUT2D eigenvalue weighted by Crippen LogP contribution is -2.33. The van der Waals surface area contributed by atoms with Crippen LogP contribution in [0, 0.1) is 0 Å². The highest BCUT2D eigenvalue weighted by Crippen LogP contribution is 2.37. The first-order valence-corrected chi connectivity index (χ1v) is 11.5. The number of likely N-dealkylation sites (tertiary alicyclic amines) is 1. The van der Waals surface area contributed by atoms with E-state index in [9.17, 15) is 18.0 Å². The molecule has 2 aliphatic rings. The van der Waals surface area contributed by atoms with Gasteiger partial charge in [-0.05, 0) is 50.1 Å². The number of hydrogen-bond acceptors (Lipinski definition) is 4. The highest BCUT2D eigenvalue weighted by Gasteiger charge is 2.35. The van der Waals surface area contributed by atoms with Crippen molar-refractivity contribution in [2.75, 3.05) is 24.5 Å². The van der Waals surface area contributed by atoms with E-state index in [-0.39, 0.29) is 32.9 Å². The molecule has 29 heavy (non-hydrogen) atoms. The largest absolute Gasteiger partial charge is 0.339 e. The van der Waals surface area contributed by atoms with Crippen LogP contribution in [0.1, 0.15) is 53.3 Å². The first-order valence-electron chi connectivity index (χ1n) is 10.0. The van der Waals surface area contributed by atoms with Crippen molar-refractivity contribution in [2.45, 2.75) is 42.4 Å². The molecule has 0 aromatic heterocycles. The van der Waals surface area contributed by atoms with Crippen molar-refractivity contribution in [3.63, 3.8) is 0 Å². The van der Waals surface area contributed by atoms with Gasteiger partial charge in [0.15, 0.2) is 0 Å². The summed E-state index contributed by atoms with van der Waals surface area (Å²) in [6.45, 7) is 3.51. The van der Waals surface area contributed by atoms with Crippen LogP contribution in [0.5, 0.6) is 0 Å². The van der Waals surface area contributed by atoms with E-state index in [0.717, 1.165) is 25.7 Å². The monoisotopic (exact) mass is 412 g/mol. The minimum absolute atomic E-state index is 0.00814. The minimum Gasteiger partial charge on any atom is -0.339 e. The highest BCUT2D eigenvalue weighted by molar-refractivity contribution is 7.91. The molecule has 7 heteroatoms. The Morgan fingerprint density at radius 2 is 1.66 bits per heavy atom. The molecule has 2 amide bonds. The number of amides is 2. The standard InChI is InChI=1S/C22H24N2O4S/c1-2-24-18-15-16(21(25)23-13-7-3-4-8-14-23)11-12-20(18)29(27,28)19-10-6-5-9-17(19)22(24)26/h5-6,9-12,15H,2-4,7-8,13-14H2,1H3. The molecule has 0 aliphatic carbocycles. The second-order valence-electron chi connectivity index (χ2n) is 7.44. The Morgan fingerprint density at radius 1 is 0.966 bits per heavy atom. The van der Waals surface area contributed by atoms with Crippen LogP contribution in [-0.4, -0.2) is 44.8 Å². The van der Waals surface area contributed by atoms with Crippen LogP contribution in [-0.2, 0) is 9.84 Å². The minimum atomic E-state index is -3.87. The van der Waals surface area contributed by atoms with Gasteiger partial charge in [0.25, 0.3) is 11.8 Å². The molecule has 0 radical (unpaired) electrons. The lowest BCUT2D eigenvalue weighted by Gasteiger charge is -2.24. The molecule has 0 saturated carbocycles. The number of rotatable bonds is 2. The summed E-state index contributed by atoms with van der Waals surface area (Å²) in [6, 6.07) is 10.9. The van der Waals surface area contributed by atoms with Crippen molar-refractivity contribution < 1.29 is 18.0 Å². The molecule has 0 spiro atoms. The maximum atomic E-state index is 13.3. The molecule has 1 fully saturated rings. The molecule has 4 rings (SSSR count). The SMILES string of the molecule is CCN1C(=O)c2ccccc2S(=O)(=O)c2ccc(C(=O)N3CCCCCC3)cc21. The van der Waals surface area contributed by atoms with Gasteiger partial charge < -0.3 is 9.80 Å². The first-order chi connectivity index (χ1) is 13.9. The van der Waals surface area contributed by atoms with Crippen LogP contribution in [0.3, 0.4) is 0 Å². The fraction of sp³-hybridized carbons (Fsp3) is 0.364. The van der Waals surface area contributed by atoms with E-state index < -0.39 is 9.84 Å². The molecule has 2 aliphatic heterocycles. The van der Waals surface area contributed by atoms with Crippen LogP contribution in [0.4, 0.5) is 5.69 Å². The van der Waals surface area contributed by atoms with Crippen LogP contribution in [0.2, 0.25) is 0 Å². The number of fused-ring (bicyclic) bond motifs is 2. The van der Waals surface area contributed by atoms with E-state index in [4.69, 9.17) is 0 Å². The smallest absolute Gasteiger partial charge is 0.259 e. The van der Waals surface area contributed by atoms with E-state index >= 15 is 0 Å². The Hall–Kier alpha value is -2.67. The molecule has 1 saturated heterocycles. The van der Waals surface area contributed by atoms with E-state index in [1.54, 1.807) is 31.2 Å². The topological polar surface area (TPSA) is 74.8 Å². The molecule has 2 heterocycles. The third-order valence-electron chi connectivity index (χ3n) is 5.65. The Bertz CT molecular complexity index is 1070. The molecular formula is C22H24N2O4S. The van der Waals surface area contributed by atoms with Gasteiger partial charge in [0.2, 0.25) is 9.84 Å². The van der Waals surface area contributed by atoms with Gasteiger partial charge in [-0.3, -0.25) is 9.59 Å². The highest BCUT2D eigenvalue weighted by atomic mass is 32.2. The van der Waals surface area contributed by atoms with Gasteiger partial charge in [-0.15, -0.1) is 0 Å². The van der Waals surface area contributed by atoms with E-state index in [0.29, 0.717) is 25.2 Å². The number of nitrogens with zero attached hydrogens (tertiary/aromatic N) is 2. The van der Waals surface area contributed by atoms with Gasteiger partial charge in [0, 0.05) is 25.2 Å². The summed E-state index contributed by atoms with van der Waals surface area (Å²) in [5.41, 5.74) is 0.846. The number of anilines is 1. The van der Waals surface area contributed by atoms with Crippen molar-refractivity contribution in [3.8, 4) is 0 Å². The van der Waals surface area contributed by atoms with Gasteiger partial charge in [0.1, 0.15) is 0 Å². The predicted molar refractivity (Wildman–Crippen MR) is 110 cm³/mol. The number of carbonyl (C=O) groups excluding carboxylic acids is 2. The van der Waals surface area contributed by atoms with Crippen LogP contribution in [0.15, 0.2) is 52.3 Å². The average Bonchev–Trinajstić information content (AvgIpc) is 3.05. The predicted octanol–water partition coefficient (Wildman–Crippen LogP) is 3.52. The molecule has 0 N–H and O–H groups in total. The van der Waals surface area contributed by atoms with Crippen LogP contribution in [0.25, 0.3) is 0 Å². The molecule has 6 nitrogen and oxygen atoms in total. The first kappa shape index (κ1) is 19.6. The Kier molecular flexibility index (Phi) is 5.17. The molecule has 152 valence electrons. The maximum absolute atomic E-state index is 13.3. The number of sulfone groups is 1. The zero-order valence-corrected chi connectivity index (χ0v) is 17.2. The molecule has 0 atom stereocenters. The zero-order chi connectivity index (χ0) is 20.6. The van der Waals surface area contributed by atoms with Gasteiger partial charge in [-0.1, -0.05) is 25.0 Å². The third-order valence-corrected chi connectivity index (χ3v) is 7.51. The molecular weight excluding hydrogens is 388 g/mol. The van der Waals surface area contributed by atoms with E-state index in [1.807, 2.05) is 4.90 Å². The summed E-state index contributed by atoms with van der Waals surface area (Å²) in [4.78, 5) is 29.5. The second kappa shape index (κ2) is 7.63. The zero-order valence-electron chi connectivity index (χ0n) is 16.4. The summed E-state index contributed by atoms with van der Waals surface area (Å²) in [7, 11) is -3.87. The fourth-order valence-electron chi connectivity index (χ4n) is 4.11. The van der Waals surface area contributed by atoms with Crippen LogP contribution < -0.4 is 4.90 Å².